The molecular weight excluding hydrogens is 220 g/mol. The highest BCUT2D eigenvalue weighted by atomic mass is 16.3. The van der Waals surface area contributed by atoms with Gasteiger partial charge in [-0.05, 0) is 32.1 Å². The lowest BCUT2D eigenvalue weighted by Gasteiger charge is -2.19. The Balaban J connectivity index is 2.32. The summed E-state index contributed by atoms with van der Waals surface area (Å²) in [5.41, 5.74) is -0.865. The molecule has 2 N–H and O–H groups in total. The molecule has 0 fully saturated rings. The van der Waals surface area contributed by atoms with Crippen molar-refractivity contribution in [1.82, 2.24) is 9.55 Å². The van der Waals surface area contributed by atoms with Crippen molar-refractivity contribution in [1.29, 1.82) is 0 Å². The fraction of sp³-hybridized carbons (Fsp3) is 0.500. The summed E-state index contributed by atoms with van der Waals surface area (Å²) in [6.45, 7) is 1.96. The molecule has 2 rings (SSSR count). The highest BCUT2D eigenvalue weighted by Gasteiger charge is 2.16. The van der Waals surface area contributed by atoms with Crippen LogP contribution in [0.2, 0.25) is 0 Å². The minimum Gasteiger partial charge on any atom is -0.494 e. The van der Waals surface area contributed by atoms with Gasteiger partial charge in [-0.3, -0.25) is 14.3 Å². The van der Waals surface area contributed by atoms with E-state index in [-0.39, 0.29) is 11.4 Å². The molecule has 0 bridgehead atoms. The predicted octanol–water partition coefficient (Wildman–Crippen LogP) is 0.907. The van der Waals surface area contributed by atoms with Gasteiger partial charge in [-0.25, -0.2) is 4.79 Å². The third kappa shape index (κ3) is 2.33. The number of rotatable bonds is 2. The number of nitrogens with one attached hydrogen (secondary N) is 1. The van der Waals surface area contributed by atoms with Gasteiger partial charge in [0.1, 0.15) is 0 Å². The summed E-state index contributed by atoms with van der Waals surface area (Å²) >= 11 is 0. The zero-order valence-corrected chi connectivity index (χ0v) is 9.77. The Hall–Kier alpha value is -1.78. The van der Waals surface area contributed by atoms with Crippen LogP contribution in [0.4, 0.5) is 0 Å². The van der Waals surface area contributed by atoms with Gasteiger partial charge in [0.05, 0.1) is 5.56 Å². The Morgan fingerprint density at radius 2 is 2.24 bits per heavy atom. The monoisotopic (exact) mass is 236 g/mol. The van der Waals surface area contributed by atoms with Crippen molar-refractivity contribution < 1.29 is 5.11 Å². The molecule has 1 aliphatic carbocycles. The fourth-order valence-corrected chi connectivity index (χ4v) is 2.11. The predicted molar refractivity (Wildman–Crippen MR) is 64.2 cm³/mol. The lowest BCUT2D eigenvalue weighted by atomic mass is 9.94. The molecule has 1 heterocycles. The van der Waals surface area contributed by atoms with Gasteiger partial charge in [-0.2, -0.15) is 0 Å². The second kappa shape index (κ2) is 4.61. The number of aromatic amines is 1. The molecule has 5 nitrogen and oxygen atoms in total. The standard InChI is InChI=1S/C12H16N2O3/c1-8-10(15)13-12(17)14(11(8)16)7-9-5-3-2-4-6-9/h2-3,9,16H,4-7H2,1H3,(H,13,15,17). The van der Waals surface area contributed by atoms with E-state index in [4.69, 9.17) is 0 Å². The maximum absolute atomic E-state index is 11.6. The largest absolute Gasteiger partial charge is 0.494 e. The van der Waals surface area contributed by atoms with Gasteiger partial charge in [0.2, 0.25) is 5.88 Å². The van der Waals surface area contributed by atoms with Gasteiger partial charge in [0.25, 0.3) is 5.56 Å². The first kappa shape index (κ1) is 11.7. The molecule has 5 heteroatoms. The number of hydrogen-bond donors (Lipinski definition) is 2. The summed E-state index contributed by atoms with van der Waals surface area (Å²) < 4.78 is 1.25. The molecule has 0 aliphatic heterocycles. The third-order valence-corrected chi connectivity index (χ3v) is 3.22. The third-order valence-electron chi connectivity index (χ3n) is 3.22. The van der Waals surface area contributed by atoms with Crippen LogP contribution in [0.15, 0.2) is 21.7 Å². The summed E-state index contributed by atoms with van der Waals surface area (Å²) in [6.07, 6.45) is 7.12. The molecule has 17 heavy (non-hydrogen) atoms. The fourth-order valence-electron chi connectivity index (χ4n) is 2.11. The van der Waals surface area contributed by atoms with Gasteiger partial charge in [-0.15, -0.1) is 0 Å². The topological polar surface area (TPSA) is 75.1 Å². The van der Waals surface area contributed by atoms with Crippen molar-refractivity contribution in [3.05, 3.63) is 38.6 Å². The summed E-state index contributed by atoms with van der Waals surface area (Å²) in [5.74, 6) is 0.127. The maximum Gasteiger partial charge on any atom is 0.331 e. The van der Waals surface area contributed by atoms with E-state index in [9.17, 15) is 14.7 Å². The van der Waals surface area contributed by atoms with Gasteiger partial charge < -0.3 is 5.11 Å². The van der Waals surface area contributed by atoms with E-state index in [0.29, 0.717) is 12.5 Å². The number of H-pyrrole nitrogens is 1. The van der Waals surface area contributed by atoms with Crippen molar-refractivity contribution in [2.45, 2.75) is 32.7 Å². The van der Waals surface area contributed by atoms with E-state index in [1.54, 1.807) is 0 Å². The average Bonchev–Trinajstić information content (AvgIpc) is 2.33. The van der Waals surface area contributed by atoms with Crippen LogP contribution in [-0.4, -0.2) is 14.7 Å². The lowest BCUT2D eigenvalue weighted by molar-refractivity contribution is 0.341. The molecule has 1 aromatic heterocycles. The van der Waals surface area contributed by atoms with E-state index in [0.717, 1.165) is 19.3 Å². The van der Waals surface area contributed by atoms with Crippen molar-refractivity contribution >= 4 is 0 Å². The Morgan fingerprint density at radius 3 is 2.88 bits per heavy atom. The Bertz CT molecular complexity index is 554. The van der Waals surface area contributed by atoms with Gasteiger partial charge in [0.15, 0.2) is 0 Å². The summed E-state index contributed by atoms with van der Waals surface area (Å²) in [6, 6.07) is 0. The Kier molecular flexibility index (Phi) is 3.17. The first-order valence-electron chi connectivity index (χ1n) is 5.77. The minimum atomic E-state index is -0.535. The first-order chi connectivity index (χ1) is 8.09. The van der Waals surface area contributed by atoms with Gasteiger partial charge >= 0.3 is 5.69 Å². The number of aromatic hydroxyl groups is 1. The van der Waals surface area contributed by atoms with Crippen molar-refractivity contribution in [3.8, 4) is 5.88 Å². The van der Waals surface area contributed by atoms with E-state index >= 15 is 0 Å². The van der Waals surface area contributed by atoms with Crippen LogP contribution >= 0.6 is 0 Å². The summed E-state index contributed by atoms with van der Waals surface area (Å²) in [4.78, 5) is 25.1. The number of nitrogens with zero attached hydrogens (tertiary/aromatic N) is 1. The van der Waals surface area contributed by atoms with Crippen LogP contribution < -0.4 is 11.2 Å². The lowest BCUT2D eigenvalue weighted by Crippen LogP contribution is -2.33. The Labute approximate surface area is 98.4 Å². The van der Waals surface area contributed by atoms with Crippen molar-refractivity contribution in [2.75, 3.05) is 0 Å². The normalized spacial score (nSPS) is 19.5. The molecule has 1 aliphatic rings. The molecule has 0 saturated carbocycles. The summed E-state index contributed by atoms with van der Waals surface area (Å²) in [7, 11) is 0. The van der Waals surface area contributed by atoms with E-state index in [1.807, 2.05) is 0 Å². The number of aromatic nitrogens is 2. The smallest absolute Gasteiger partial charge is 0.331 e. The molecule has 0 saturated heterocycles. The van der Waals surface area contributed by atoms with Crippen LogP contribution in [0.1, 0.15) is 24.8 Å². The average molecular weight is 236 g/mol. The molecule has 0 aromatic carbocycles. The quantitative estimate of drug-likeness (QED) is 0.749. The van der Waals surface area contributed by atoms with Crippen LogP contribution in [0.3, 0.4) is 0 Å². The molecule has 1 unspecified atom stereocenters. The second-order valence-electron chi connectivity index (χ2n) is 4.47. The van der Waals surface area contributed by atoms with Crippen molar-refractivity contribution in [3.63, 3.8) is 0 Å². The molecular formula is C12H16N2O3. The van der Waals surface area contributed by atoms with E-state index in [2.05, 4.69) is 17.1 Å². The van der Waals surface area contributed by atoms with E-state index in [1.165, 1.54) is 11.5 Å². The van der Waals surface area contributed by atoms with Crippen LogP contribution in [0.25, 0.3) is 0 Å². The molecule has 1 aromatic rings. The van der Waals surface area contributed by atoms with Crippen molar-refractivity contribution in [2.24, 2.45) is 5.92 Å². The molecule has 0 amide bonds. The van der Waals surface area contributed by atoms with E-state index < -0.39 is 11.2 Å². The van der Waals surface area contributed by atoms with Gasteiger partial charge in [-0.1, -0.05) is 12.2 Å². The SMILES string of the molecule is Cc1c(O)n(CC2CC=CCC2)c(=O)[nH]c1=O. The first-order valence-corrected chi connectivity index (χ1v) is 5.77. The highest BCUT2D eigenvalue weighted by Crippen LogP contribution is 2.21. The summed E-state index contributed by atoms with van der Waals surface area (Å²) in [5, 5.41) is 9.81. The molecule has 0 spiro atoms. The molecule has 1 atom stereocenters. The van der Waals surface area contributed by atoms with Crippen LogP contribution in [0, 0.1) is 12.8 Å². The van der Waals surface area contributed by atoms with Gasteiger partial charge in [0, 0.05) is 6.54 Å². The van der Waals surface area contributed by atoms with Crippen LogP contribution in [-0.2, 0) is 6.54 Å². The maximum atomic E-state index is 11.6. The Morgan fingerprint density at radius 1 is 1.47 bits per heavy atom. The number of allylic oxidation sites excluding steroid dienone is 2. The number of hydrogen-bond acceptors (Lipinski definition) is 3. The zero-order chi connectivity index (χ0) is 12.4. The second-order valence-corrected chi connectivity index (χ2v) is 4.47. The zero-order valence-electron chi connectivity index (χ0n) is 9.77. The minimum absolute atomic E-state index is 0.191. The van der Waals surface area contributed by atoms with Crippen LogP contribution in [0.5, 0.6) is 5.88 Å². The molecule has 0 radical (unpaired) electrons. The molecule has 92 valence electrons. The highest BCUT2D eigenvalue weighted by molar-refractivity contribution is 5.20.